The summed E-state index contributed by atoms with van der Waals surface area (Å²) in [6.07, 6.45) is 7.09. The molecule has 1 fully saturated rings. The smallest absolute Gasteiger partial charge is 0.254 e. The molecule has 1 aliphatic rings. The van der Waals surface area contributed by atoms with Gasteiger partial charge in [-0.05, 0) is 25.8 Å². The normalized spacial score (nSPS) is 17.1. The van der Waals surface area contributed by atoms with E-state index in [0.29, 0.717) is 24.4 Å². The quantitative estimate of drug-likeness (QED) is 0.774. The lowest BCUT2D eigenvalue weighted by atomic mass is 10.1. The lowest BCUT2D eigenvalue weighted by Crippen LogP contribution is -2.20. The minimum Gasteiger partial charge on any atom is -0.330 e. The van der Waals surface area contributed by atoms with Crippen LogP contribution in [0.4, 0.5) is 0 Å². The first-order valence-electron chi connectivity index (χ1n) is 5.59. The van der Waals surface area contributed by atoms with Gasteiger partial charge < -0.3 is 10.7 Å². The lowest BCUT2D eigenvalue weighted by Gasteiger charge is -2.08. The Morgan fingerprint density at radius 2 is 2.20 bits per heavy atom. The van der Waals surface area contributed by atoms with E-state index in [4.69, 9.17) is 5.73 Å². The van der Waals surface area contributed by atoms with Crippen LogP contribution in [0, 0.1) is 0 Å². The third kappa shape index (κ3) is 2.26. The Hall–Kier alpha value is -1.16. The Bertz CT molecular complexity index is 380. The molecule has 0 bridgehead atoms. The molecule has 3 N–H and O–H groups in total. The Kier molecular flexibility index (Phi) is 3.16. The van der Waals surface area contributed by atoms with Crippen LogP contribution in [0.25, 0.3) is 0 Å². The molecule has 0 atom stereocenters. The highest BCUT2D eigenvalue weighted by Crippen LogP contribution is 2.31. The maximum absolute atomic E-state index is 11.6. The molecule has 2 rings (SSSR count). The predicted octanol–water partition coefficient (Wildman–Crippen LogP) is 0.929. The lowest BCUT2D eigenvalue weighted by molar-refractivity contribution is 0.659. The van der Waals surface area contributed by atoms with Crippen LogP contribution in [0.2, 0.25) is 0 Å². The number of nitrogens with one attached hydrogen (secondary N) is 1. The van der Waals surface area contributed by atoms with Crippen LogP contribution < -0.4 is 11.3 Å². The first-order chi connectivity index (χ1) is 7.31. The Morgan fingerprint density at radius 3 is 2.80 bits per heavy atom. The number of aromatic amines is 1. The molecule has 82 valence electrons. The van der Waals surface area contributed by atoms with Gasteiger partial charge in [-0.2, -0.15) is 0 Å². The summed E-state index contributed by atoms with van der Waals surface area (Å²) in [5.74, 6) is 1.32. The van der Waals surface area contributed by atoms with Crippen molar-refractivity contribution in [2.75, 3.05) is 6.54 Å². The molecule has 0 radical (unpaired) electrons. The van der Waals surface area contributed by atoms with E-state index in [0.717, 1.165) is 18.7 Å². The van der Waals surface area contributed by atoms with Crippen LogP contribution in [0.1, 0.15) is 43.0 Å². The number of hydrogen-bond donors (Lipinski definition) is 2. The summed E-state index contributed by atoms with van der Waals surface area (Å²) in [4.78, 5) is 18.8. The van der Waals surface area contributed by atoms with Crippen molar-refractivity contribution in [2.24, 2.45) is 5.73 Å². The van der Waals surface area contributed by atoms with Gasteiger partial charge in [0.05, 0.1) is 0 Å². The standard InChI is InChI=1S/C11H17N3O/c12-6-5-9-7-13-10(14-11(9)15)8-3-1-2-4-8/h7-8H,1-6,12H2,(H,13,14,15). The first-order valence-corrected chi connectivity index (χ1v) is 5.59. The van der Waals surface area contributed by atoms with E-state index < -0.39 is 0 Å². The fourth-order valence-corrected chi connectivity index (χ4v) is 2.18. The fraction of sp³-hybridized carbons (Fsp3) is 0.636. The molecule has 0 amide bonds. The van der Waals surface area contributed by atoms with Crippen LogP contribution in [0.15, 0.2) is 11.0 Å². The van der Waals surface area contributed by atoms with Crippen LogP contribution in [-0.2, 0) is 6.42 Å². The number of nitrogens with two attached hydrogens (primary N) is 1. The Morgan fingerprint density at radius 1 is 1.47 bits per heavy atom. The van der Waals surface area contributed by atoms with Crippen molar-refractivity contribution in [1.82, 2.24) is 9.97 Å². The molecule has 4 nitrogen and oxygen atoms in total. The zero-order valence-corrected chi connectivity index (χ0v) is 8.83. The summed E-state index contributed by atoms with van der Waals surface area (Å²) in [5.41, 5.74) is 6.09. The average Bonchev–Trinajstić information content (AvgIpc) is 2.74. The maximum Gasteiger partial charge on any atom is 0.254 e. The zero-order valence-electron chi connectivity index (χ0n) is 8.83. The topological polar surface area (TPSA) is 71.8 Å². The summed E-state index contributed by atoms with van der Waals surface area (Å²) >= 11 is 0. The second kappa shape index (κ2) is 4.57. The van der Waals surface area contributed by atoms with Gasteiger partial charge >= 0.3 is 0 Å². The molecule has 15 heavy (non-hydrogen) atoms. The van der Waals surface area contributed by atoms with E-state index in [1.807, 2.05) is 0 Å². The van der Waals surface area contributed by atoms with Gasteiger partial charge in [0.1, 0.15) is 5.82 Å². The van der Waals surface area contributed by atoms with E-state index in [1.165, 1.54) is 12.8 Å². The van der Waals surface area contributed by atoms with Gasteiger partial charge in [0.2, 0.25) is 0 Å². The van der Waals surface area contributed by atoms with Gasteiger partial charge in [0.15, 0.2) is 0 Å². The fourth-order valence-electron chi connectivity index (χ4n) is 2.18. The van der Waals surface area contributed by atoms with E-state index in [2.05, 4.69) is 9.97 Å². The Balaban J connectivity index is 2.20. The molecule has 0 aliphatic heterocycles. The van der Waals surface area contributed by atoms with E-state index in [9.17, 15) is 4.79 Å². The summed E-state index contributed by atoms with van der Waals surface area (Å²) < 4.78 is 0. The van der Waals surface area contributed by atoms with Crippen molar-refractivity contribution in [2.45, 2.75) is 38.0 Å². The van der Waals surface area contributed by atoms with Crippen LogP contribution in [0.3, 0.4) is 0 Å². The van der Waals surface area contributed by atoms with Crippen LogP contribution in [-0.4, -0.2) is 16.5 Å². The summed E-state index contributed by atoms with van der Waals surface area (Å²) in [6, 6.07) is 0. The number of hydrogen-bond acceptors (Lipinski definition) is 3. The highest BCUT2D eigenvalue weighted by atomic mass is 16.1. The molecule has 0 unspecified atom stereocenters. The summed E-state index contributed by atoms with van der Waals surface area (Å²) in [6.45, 7) is 0.494. The highest BCUT2D eigenvalue weighted by molar-refractivity contribution is 5.09. The van der Waals surface area contributed by atoms with Gasteiger partial charge in [-0.1, -0.05) is 12.8 Å². The second-order valence-electron chi connectivity index (χ2n) is 4.14. The number of H-pyrrole nitrogens is 1. The van der Waals surface area contributed by atoms with Crippen LogP contribution >= 0.6 is 0 Å². The molecule has 0 saturated heterocycles. The number of nitrogens with zero attached hydrogens (tertiary/aromatic N) is 1. The minimum absolute atomic E-state index is 0.0163. The van der Waals surface area contributed by atoms with Gasteiger partial charge in [-0.3, -0.25) is 4.79 Å². The van der Waals surface area contributed by atoms with E-state index in [-0.39, 0.29) is 5.56 Å². The molecule has 1 aliphatic carbocycles. The molecule has 0 spiro atoms. The molecule has 1 heterocycles. The number of rotatable bonds is 3. The Labute approximate surface area is 88.9 Å². The van der Waals surface area contributed by atoms with Gasteiger partial charge in [0, 0.05) is 17.7 Å². The van der Waals surface area contributed by atoms with Crippen molar-refractivity contribution >= 4 is 0 Å². The monoisotopic (exact) mass is 207 g/mol. The maximum atomic E-state index is 11.6. The van der Waals surface area contributed by atoms with Gasteiger partial charge in [-0.15, -0.1) is 0 Å². The number of aromatic nitrogens is 2. The molecule has 0 aromatic carbocycles. The van der Waals surface area contributed by atoms with E-state index >= 15 is 0 Å². The summed E-state index contributed by atoms with van der Waals surface area (Å²) in [7, 11) is 0. The molecule has 1 saturated carbocycles. The van der Waals surface area contributed by atoms with Crippen molar-refractivity contribution in [3.05, 3.63) is 27.9 Å². The summed E-state index contributed by atoms with van der Waals surface area (Å²) in [5, 5.41) is 0. The zero-order chi connectivity index (χ0) is 10.7. The van der Waals surface area contributed by atoms with Crippen molar-refractivity contribution in [3.63, 3.8) is 0 Å². The third-order valence-electron chi connectivity index (χ3n) is 3.05. The third-order valence-corrected chi connectivity index (χ3v) is 3.05. The highest BCUT2D eigenvalue weighted by Gasteiger charge is 2.19. The van der Waals surface area contributed by atoms with Gasteiger partial charge in [-0.25, -0.2) is 4.98 Å². The molecular weight excluding hydrogens is 190 g/mol. The first kappa shape index (κ1) is 10.4. The molecular formula is C11H17N3O. The van der Waals surface area contributed by atoms with Crippen LogP contribution in [0.5, 0.6) is 0 Å². The molecule has 1 aromatic rings. The second-order valence-corrected chi connectivity index (χ2v) is 4.14. The minimum atomic E-state index is -0.0163. The SMILES string of the molecule is NCCc1cnc(C2CCCC2)[nH]c1=O. The van der Waals surface area contributed by atoms with Gasteiger partial charge in [0.25, 0.3) is 5.56 Å². The molecule has 4 heteroatoms. The average molecular weight is 207 g/mol. The van der Waals surface area contributed by atoms with Crippen molar-refractivity contribution in [1.29, 1.82) is 0 Å². The molecule has 1 aromatic heterocycles. The van der Waals surface area contributed by atoms with Crippen molar-refractivity contribution < 1.29 is 0 Å². The van der Waals surface area contributed by atoms with E-state index in [1.54, 1.807) is 6.20 Å². The van der Waals surface area contributed by atoms with Crippen molar-refractivity contribution in [3.8, 4) is 0 Å². The predicted molar refractivity (Wildman–Crippen MR) is 58.8 cm³/mol. The largest absolute Gasteiger partial charge is 0.330 e.